The smallest absolute Gasteiger partial charge is 0.161 e. The number of ether oxygens (including phenoxy) is 2. The van der Waals surface area contributed by atoms with Crippen molar-refractivity contribution in [2.75, 3.05) is 20.8 Å². The minimum absolute atomic E-state index is 0.515. The fraction of sp³-hybridized carbons (Fsp3) is 0.533. The average Bonchev–Trinajstić information content (AvgIpc) is 3.28. The molecule has 1 aromatic carbocycles. The van der Waals surface area contributed by atoms with Crippen LogP contribution >= 0.6 is 0 Å². The van der Waals surface area contributed by atoms with Gasteiger partial charge in [-0.05, 0) is 42.5 Å². The molecule has 0 bridgehead atoms. The number of hydrogen-bond donors (Lipinski definition) is 1. The van der Waals surface area contributed by atoms with E-state index in [1.165, 1.54) is 24.0 Å². The number of benzene rings is 1. The molecule has 0 atom stereocenters. The molecule has 1 aromatic rings. The van der Waals surface area contributed by atoms with Gasteiger partial charge in [-0.3, -0.25) is 5.41 Å². The molecular formula is C15H20N2O2. The van der Waals surface area contributed by atoms with Crippen LogP contribution in [0.25, 0.3) is 0 Å². The van der Waals surface area contributed by atoms with Gasteiger partial charge in [-0.15, -0.1) is 0 Å². The fourth-order valence-corrected chi connectivity index (χ4v) is 2.70. The molecule has 1 saturated carbocycles. The van der Waals surface area contributed by atoms with Crippen LogP contribution in [0.3, 0.4) is 0 Å². The molecule has 0 aromatic heterocycles. The van der Waals surface area contributed by atoms with E-state index in [2.05, 4.69) is 17.0 Å². The number of nitrogens with one attached hydrogen (secondary N) is 1. The molecular weight excluding hydrogens is 240 g/mol. The summed E-state index contributed by atoms with van der Waals surface area (Å²) in [7, 11) is 3.33. The first-order valence-corrected chi connectivity index (χ1v) is 6.80. The number of nitrogens with zero attached hydrogens (tertiary/aromatic N) is 1. The summed E-state index contributed by atoms with van der Waals surface area (Å²) in [5.41, 5.74) is 2.58. The monoisotopic (exact) mass is 260 g/mol. The molecule has 0 radical (unpaired) electrons. The third kappa shape index (κ3) is 2.27. The molecule has 3 rings (SSSR count). The zero-order chi connectivity index (χ0) is 13.4. The molecule has 102 valence electrons. The normalized spacial score (nSPS) is 17.9. The second kappa shape index (κ2) is 4.76. The molecule has 4 heteroatoms. The second-order valence-corrected chi connectivity index (χ2v) is 5.31. The van der Waals surface area contributed by atoms with Crippen LogP contribution in [0.15, 0.2) is 12.1 Å². The summed E-state index contributed by atoms with van der Waals surface area (Å²) in [4.78, 5) is 2.20. The predicted molar refractivity (Wildman–Crippen MR) is 74.1 cm³/mol. The third-order valence-corrected chi connectivity index (χ3v) is 4.02. The van der Waals surface area contributed by atoms with Crippen molar-refractivity contribution >= 4 is 5.84 Å². The first-order valence-electron chi connectivity index (χ1n) is 6.80. The summed E-state index contributed by atoms with van der Waals surface area (Å²) >= 11 is 0. The molecule has 0 unspecified atom stereocenters. The van der Waals surface area contributed by atoms with Crippen molar-refractivity contribution in [1.82, 2.24) is 4.90 Å². The van der Waals surface area contributed by atoms with Gasteiger partial charge in [-0.25, -0.2) is 0 Å². The highest BCUT2D eigenvalue weighted by Gasteiger charge is 2.31. The number of fused-ring (bicyclic) bond motifs is 1. The highest BCUT2D eigenvalue weighted by atomic mass is 16.5. The van der Waals surface area contributed by atoms with Crippen LogP contribution in [0.1, 0.15) is 24.0 Å². The van der Waals surface area contributed by atoms with Crippen molar-refractivity contribution in [2.24, 2.45) is 5.92 Å². The molecule has 1 N–H and O–H groups in total. The number of methoxy groups -OCH3 is 2. The SMILES string of the molecule is COc1cc2c(cc1OC)CN(C(=N)C1CC1)CC2. The predicted octanol–water partition coefficient (Wildman–Crippen LogP) is 2.45. The molecule has 19 heavy (non-hydrogen) atoms. The lowest BCUT2D eigenvalue weighted by Crippen LogP contribution is -2.36. The van der Waals surface area contributed by atoms with Crippen LogP contribution in [0.4, 0.5) is 0 Å². The van der Waals surface area contributed by atoms with Gasteiger partial charge in [0.05, 0.1) is 20.1 Å². The number of rotatable bonds is 3. The Bertz CT molecular complexity index is 509. The van der Waals surface area contributed by atoms with Gasteiger partial charge in [0.25, 0.3) is 0 Å². The minimum Gasteiger partial charge on any atom is -0.493 e. The zero-order valence-electron chi connectivity index (χ0n) is 11.5. The maximum atomic E-state index is 8.19. The van der Waals surface area contributed by atoms with Crippen LogP contribution in [0, 0.1) is 11.3 Å². The number of hydrogen-bond acceptors (Lipinski definition) is 3. The first-order chi connectivity index (χ1) is 9.22. The summed E-state index contributed by atoms with van der Waals surface area (Å²) in [5, 5.41) is 8.19. The quantitative estimate of drug-likeness (QED) is 0.670. The van der Waals surface area contributed by atoms with Gasteiger partial charge in [-0.1, -0.05) is 0 Å². The van der Waals surface area contributed by atoms with Crippen LogP contribution in [0.2, 0.25) is 0 Å². The van der Waals surface area contributed by atoms with Crippen molar-refractivity contribution in [1.29, 1.82) is 5.41 Å². The van der Waals surface area contributed by atoms with Crippen molar-refractivity contribution in [2.45, 2.75) is 25.8 Å². The van der Waals surface area contributed by atoms with Gasteiger partial charge in [-0.2, -0.15) is 0 Å². The van der Waals surface area contributed by atoms with E-state index in [1.54, 1.807) is 14.2 Å². The minimum atomic E-state index is 0.515. The third-order valence-electron chi connectivity index (χ3n) is 4.02. The lowest BCUT2D eigenvalue weighted by atomic mass is 9.98. The highest BCUT2D eigenvalue weighted by Crippen LogP contribution is 2.36. The Morgan fingerprint density at radius 1 is 1.16 bits per heavy atom. The Morgan fingerprint density at radius 2 is 1.79 bits per heavy atom. The van der Waals surface area contributed by atoms with Crippen LogP contribution in [-0.2, 0) is 13.0 Å². The number of amidine groups is 1. The second-order valence-electron chi connectivity index (χ2n) is 5.31. The van der Waals surface area contributed by atoms with E-state index in [1.807, 2.05) is 0 Å². The van der Waals surface area contributed by atoms with E-state index < -0.39 is 0 Å². The summed E-state index contributed by atoms with van der Waals surface area (Å²) in [6, 6.07) is 4.13. The van der Waals surface area contributed by atoms with E-state index in [4.69, 9.17) is 14.9 Å². The molecule has 1 aliphatic heterocycles. The maximum Gasteiger partial charge on any atom is 0.161 e. The molecule has 0 saturated heterocycles. The zero-order valence-corrected chi connectivity index (χ0v) is 11.5. The van der Waals surface area contributed by atoms with Gasteiger partial charge in [0, 0.05) is 19.0 Å². The van der Waals surface area contributed by atoms with E-state index in [0.29, 0.717) is 5.92 Å². The Hall–Kier alpha value is -1.71. The Morgan fingerprint density at radius 3 is 2.37 bits per heavy atom. The van der Waals surface area contributed by atoms with E-state index in [0.717, 1.165) is 36.8 Å². The van der Waals surface area contributed by atoms with E-state index >= 15 is 0 Å². The van der Waals surface area contributed by atoms with E-state index in [-0.39, 0.29) is 0 Å². The fourth-order valence-electron chi connectivity index (χ4n) is 2.70. The molecule has 0 amide bonds. The van der Waals surface area contributed by atoms with Gasteiger partial charge < -0.3 is 14.4 Å². The Labute approximate surface area is 113 Å². The Kier molecular flexibility index (Phi) is 3.09. The van der Waals surface area contributed by atoms with E-state index in [9.17, 15) is 0 Å². The average molecular weight is 260 g/mol. The molecule has 0 spiro atoms. The van der Waals surface area contributed by atoms with Crippen LogP contribution < -0.4 is 9.47 Å². The molecule has 1 heterocycles. The van der Waals surface area contributed by atoms with Crippen LogP contribution in [-0.4, -0.2) is 31.5 Å². The topological polar surface area (TPSA) is 45.6 Å². The lowest BCUT2D eigenvalue weighted by Gasteiger charge is -2.31. The molecule has 1 fully saturated rings. The van der Waals surface area contributed by atoms with Crippen LogP contribution in [0.5, 0.6) is 11.5 Å². The van der Waals surface area contributed by atoms with Crippen molar-refractivity contribution in [3.05, 3.63) is 23.3 Å². The summed E-state index contributed by atoms with van der Waals surface area (Å²) in [5.74, 6) is 2.91. The standard InChI is InChI=1S/C15H20N2O2/c1-18-13-7-11-5-6-17(15(16)10-3-4-10)9-12(11)8-14(13)19-2/h7-8,10,16H,3-6,9H2,1-2H3. The van der Waals surface area contributed by atoms with Crippen molar-refractivity contribution in [3.8, 4) is 11.5 Å². The van der Waals surface area contributed by atoms with Crippen molar-refractivity contribution < 1.29 is 9.47 Å². The Balaban J connectivity index is 1.85. The summed E-state index contributed by atoms with van der Waals surface area (Å²) in [6.07, 6.45) is 3.35. The summed E-state index contributed by atoms with van der Waals surface area (Å²) in [6.45, 7) is 1.77. The van der Waals surface area contributed by atoms with Gasteiger partial charge in [0.1, 0.15) is 0 Å². The largest absolute Gasteiger partial charge is 0.493 e. The summed E-state index contributed by atoms with van der Waals surface area (Å²) < 4.78 is 10.7. The maximum absolute atomic E-state index is 8.19. The van der Waals surface area contributed by atoms with Gasteiger partial charge >= 0.3 is 0 Å². The van der Waals surface area contributed by atoms with Gasteiger partial charge in [0.15, 0.2) is 11.5 Å². The highest BCUT2D eigenvalue weighted by molar-refractivity contribution is 5.84. The molecule has 4 nitrogen and oxygen atoms in total. The van der Waals surface area contributed by atoms with Crippen molar-refractivity contribution in [3.63, 3.8) is 0 Å². The molecule has 1 aliphatic carbocycles. The van der Waals surface area contributed by atoms with Gasteiger partial charge in [0.2, 0.25) is 0 Å². The lowest BCUT2D eigenvalue weighted by molar-refractivity contribution is 0.346. The molecule has 2 aliphatic rings. The first kappa shape index (κ1) is 12.3.